The molecule has 1 atom stereocenters. The maximum absolute atomic E-state index is 14.9. The van der Waals surface area contributed by atoms with E-state index in [0.717, 1.165) is 44.6 Å². The molecule has 3 aliphatic rings. The summed E-state index contributed by atoms with van der Waals surface area (Å²) in [5.41, 5.74) is 3.59. The average molecular weight is 513 g/mol. The van der Waals surface area contributed by atoms with Crippen molar-refractivity contribution in [1.82, 2.24) is 0 Å². The molecular formula is C32H39F3O2. The lowest BCUT2D eigenvalue weighted by atomic mass is 9.76. The SMILES string of the molecule is CCCC1CC=C(C2CCC(CCCCc3cc4c(c(F)c3F)Oc3c(ccc(C)c3F)C4)CC2)CO1. The molecule has 5 heteroatoms. The summed E-state index contributed by atoms with van der Waals surface area (Å²) >= 11 is 0. The third-order valence-electron chi connectivity index (χ3n) is 8.69. The number of ether oxygens (including phenoxy) is 2. The van der Waals surface area contributed by atoms with E-state index in [1.54, 1.807) is 25.1 Å². The largest absolute Gasteiger partial charge is 0.450 e. The summed E-state index contributed by atoms with van der Waals surface area (Å²) in [7, 11) is 0. The highest BCUT2D eigenvalue weighted by Crippen LogP contribution is 2.42. The van der Waals surface area contributed by atoms with E-state index in [-0.39, 0.29) is 11.5 Å². The van der Waals surface area contributed by atoms with E-state index < -0.39 is 17.5 Å². The zero-order valence-corrected chi connectivity index (χ0v) is 22.2. The molecule has 1 aliphatic carbocycles. The molecule has 0 bridgehead atoms. The molecule has 2 nitrogen and oxygen atoms in total. The minimum Gasteiger partial charge on any atom is -0.450 e. The van der Waals surface area contributed by atoms with Crippen molar-refractivity contribution in [3.05, 3.63) is 69.6 Å². The normalized spacial score (nSPS) is 23.2. The molecular weight excluding hydrogens is 473 g/mol. The third-order valence-corrected chi connectivity index (χ3v) is 8.69. The molecule has 1 saturated carbocycles. The molecule has 0 amide bonds. The first-order valence-electron chi connectivity index (χ1n) is 14.2. The quantitative estimate of drug-likeness (QED) is 0.221. The number of fused-ring (bicyclic) bond motifs is 2. The summed E-state index contributed by atoms with van der Waals surface area (Å²) in [6.45, 7) is 4.66. The smallest absolute Gasteiger partial charge is 0.201 e. The van der Waals surface area contributed by atoms with Crippen LogP contribution in [0.4, 0.5) is 13.2 Å². The Balaban J connectivity index is 1.10. The molecule has 2 aromatic rings. The van der Waals surface area contributed by atoms with Crippen LogP contribution in [0.3, 0.4) is 0 Å². The van der Waals surface area contributed by atoms with Crippen LogP contribution in [0.25, 0.3) is 0 Å². The van der Waals surface area contributed by atoms with E-state index in [1.807, 2.05) is 0 Å². The summed E-state index contributed by atoms with van der Waals surface area (Å²) in [5.74, 6) is -1.13. The topological polar surface area (TPSA) is 18.5 Å². The van der Waals surface area contributed by atoms with Gasteiger partial charge in [0, 0.05) is 17.5 Å². The fourth-order valence-corrected chi connectivity index (χ4v) is 6.40. The van der Waals surface area contributed by atoms with Crippen LogP contribution in [0, 0.1) is 36.2 Å². The standard InChI is InChI=1S/C32H39F3O2/c1-3-6-27-16-15-25(19-36-27)22-13-10-21(11-14-22)7-4-5-8-23-17-26-18-24-12-9-20(2)28(33)31(24)37-32(26)30(35)29(23)34/h9,12,15,17,21-22,27H,3-8,10-11,13-14,16,18-19H2,1-2H3. The first kappa shape index (κ1) is 26.3. The van der Waals surface area contributed by atoms with Crippen molar-refractivity contribution in [2.24, 2.45) is 11.8 Å². The number of aryl methyl sites for hydroxylation is 2. The van der Waals surface area contributed by atoms with Crippen LogP contribution in [0.1, 0.15) is 93.4 Å². The van der Waals surface area contributed by atoms with E-state index in [0.29, 0.717) is 47.1 Å². The fourth-order valence-electron chi connectivity index (χ4n) is 6.40. The summed E-state index contributed by atoms with van der Waals surface area (Å²) in [5, 5.41) is 0. The fraction of sp³-hybridized carbons (Fsp3) is 0.562. The van der Waals surface area contributed by atoms with E-state index in [1.165, 1.54) is 37.7 Å². The van der Waals surface area contributed by atoms with Gasteiger partial charge in [0.15, 0.2) is 23.1 Å². The van der Waals surface area contributed by atoms with Gasteiger partial charge in [-0.05, 0) is 92.9 Å². The lowest BCUT2D eigenvalue weighted by molar-refractivity contribution is 0.0480. The van der Waals surface area contributed by atoms with Crippen molar-refractivity contribution < 1.29 is 22.6 Å². The molecule has 1 unspecified atom stereocenters. The Kier molecular flexibility index (Phi) is 8.28. The van der Waals surface area contributed by atoms with Crippen LogP contribution < -0.4 is 4.74 Å². The van der Waals surface area contributed by atoms with Crippen molar-refractivity contribution in [2.75, 3.05) is 6.61 Å². The summed E-state index contributed by atoms with van der Waals surface area (Å²) in [4.78, 5) is 0. The second-order valence-corrected chi connectivity index (χ2v) is 11.3. The van der Waals surface area contributed by atoms with Gasteiger partial charge in [0.25, 0.3) is 0 Å². The molecule has 200 valence electrons. The van der Waals surface area contributed by atoms with Gasteiger partial charge in [-0.3, -0.25) is 0 Å². The van der Waals surface area contributed by atoms with Gasteiger partial charge in [-0.2, -0.15) is 4.39 Å². The van der Waals surface area contributed by atoms with E-state index in [9.17, 15) is 13.2 Å². The van der Waals surface area contributed by atoms with Gasteiger partial charge in [-0.1, -0.05) is 44.4 Å². The number of unbranched alkanes of at least 4 members (excludes halogenated alkanes) is 1. The van der Waals surface area contributed by atoms with Crippen LogP contribution in [0.2, 0.25) is 0 Å². The first-order chi connectivity index (χ1) is 17.9. The molecule has 2 aromatic carbocycles. The van der Waals surface area contributed by atoms with Gasteiger partial charge in [-0.15, -0.1) is 0 Å². The lowest BCUT2D eigenvalue weighted by Crippen LogP contribution is -2.24. The predicted molar refractivity (Wildman–Crippen MR) is 141 cm³/mol. The zero-order chi connectivity index (χ0) is 25.9. The monoisotopic (exact) mass is 512 g/mol. The lowest BCUT2D eigenvalue weighted by Gasteiger charge is -2.33. The molecule has 0 saturated heterocycles. The second kappa shape index (κ2) is 11.6. The van der Waals surface area contributed by atoms with Crippen molar-refractivity contribution >= 4 is 0 Å². The Labute approximate surface area is 219 Å². The molecule has 2 heterocycles. The average Bonchev–Trinajstić information content (AvgIpc) is 2.92. The van der Waals surface area contributed by atoms with Crippen molar-refractivity contribution in [3.8, 4) is 11.5 Å². The van der Waals surface area contributed by atoms with Gasteiger partial charge >= 0.3 is 0 Å². The Morgan fingerprint density at radius 1 is 0.892 bits per heavy atom. The molecule has 37 heavy (non-hydrogen) atoms. The van der Waals surface area contributed by atoms with Crippen molar-refractivity contribution in [1.29, 1.82) is 0 Å². The molecule has 5 rings (SSSR count). The van der Waals surface area contributed by atoms with Gasteiger partial charge in [-0.25, -0.2) is 8.78 Å². The maximum Gasteiger partial charge on any atom is 0.201 e. The van der Waals surface area contributed by atoms with Gasteiger partial charge in [0.05, 0.1) is 12.7 Å². The molecule has 1 fully saturated rings. The minimum atomic E-state index is -1.00. The Bertz CT molecular complexity index is 1150. The maximum atomic E-state index is 14.9. The van der Waals surface area contributed by atoms with Crippen molar-refractivity contribution in [3.63, 3.8) is 0 Å². The number of hydrogen-bond acceptors (Lipinski definition) is 2. The van der Waals surface area contributed by atoms with Gasteiger partial charge in [0.2, 0.25) is 5.82 Å². The van der Waals surface area contributed by atoms with Crippen LogP contribution >= 0.6 is 0 Å². The van der Waals surface area contributed by atoms with Crippen LogP contribution in [-0.4, -0.2) is 12.7 Å². The number of benzene rings is 2. The minimum absolute atomic E-state index is 0.0151. The highest BCUT2D eigenvalue weighted by Gasteiger charge is 2.28. The number of halogens is 3. The zero-order valence-electron chi connectivity index (χ0n) is 22.2. The van der Waals surface area contributed by atoms with E-state index in [2.05, 4.69) is 13.0 Å². The summed E-state index contributed by atoms with van der Waals surface area (Å²) < 4.78 is 55.8. The highest BCUT2D eigenvalue weighted by atomic mass is 19.2. The molecule has 0 N–H and O–H groups in total. The predicted octanol–water partition coefficient (Wildman–Crippen LogP) is 9.14. The highest BCUT2D eigenvalue weighted by molar-refractivity contribution is 5.53. The van der Waals surface area contributed by atoms with E-state index in [4.69, 9.17) is 9.47 Å². The number of hydrogen-bond donors (Lipinski definition) is 0. The Hall–Kier alpha value is -2.27. The summed E-state index contributed by atoms with van der Waals surface area (Å²) in [6.07, 6.45) is 15.1. The van der Waals surface area contributed by atoms with Crippen molar-refractivity contribution in [2.45, 2.75) is 97.0 Å². The first-order valence-corrected chi connectivity index (χ1v) is 14.2. The molecule has 2 aliphatic heterocycles. The molecule has 0 radical (unpaired) electrons. The second-order valence-electron chi connectivity index (χ2n) is 11.3. The molecule has 0 aromatic heterocycles. The molecule has 0 spiro atoms. The third kappa shape index (κ3) is 5.77. The van der Waals surface area contributed by atoms with Crippen LogP contribution in [0.15, 0.2) is 29.8 Å². The van der Waals surface area contributed by atoms with Crippen LogP contribution in [0.5, 0.6) is 11.5 Å². The summed E-state index contributed by atoms with van der Waals surface area (Å²) in [6, 6.07) is 5.21. The van der Waals surface area contributed by atoms with Gasteiger partial charge < -0.3 is 9.47 Å². The van der Waals surface area contributed by atoms with Gasteiger partial charge in [0.1, 0.15) is 0 Å². The Morgan fingerprint density at radius 2 is 1.68 bits per heavy atom. The van der Waals surface area contributed by atoms with Crippen LogP contribution in [-0.2, 0) is 17.6 Å². The number of rotatable bonds is 8. The Morgan fingerprint density at radius 3 is 2.41 bits per heavy atom. The van der Waals surface area contributed by atoms with E-state index >= 15 is 0 Å².